The molecule has 64 valence electrons. The van der Waals surface area contributed by atoms with Gasteiger partial charge < -0.3 is 9.84 Å². The van der Waals surface area contributed by atoms with Crippen molar-refractivity contribution in [1.29, 1.82) is 0 Å². The molecule has 0 spiro atoms. The van der Waals surface area contributed by atoms with Gasteiger partial charge in [0.2, 0.25) is 5.56 Å². The number of halogens is 1. The fourth-order valence-electron chi connectivity index (χ4n) is 0.761. The first kappa shape index (κ1) is 8.87. The molecule has 1 atom stereocenters. The summed E-state index contributed by atoms with van der Waals surface area (Å²) in [5.74, 6) is 0. The predicted octanol–water partition coefficient (Wildman–Crippen LogP) is 2.62. The minimum absolute atomic E-state index is 0.626. The molecule has 0 aliphatic carbocycles. The summed E-state index contributed by atoms with van der Waals surface area (Å²) >= 11 is 5.60. The Labute approximate surface area is 74.5 Å². The Morgan fingerprint density at radius 2 is 2.00 bits per heavy atom. The summed E-state index contributed by atoms with van der Waals surface area (Å²) in [5, 5.41) is 8.24. The third kappa shape index (κ3) is 2.43. The van der Waals surface area contributed by atoms with E-state index in [9.17, 15) is 4.79 Å². The molecule has 0 bridgehead atoms. The average molecular weight is 187 g/mol. The van der Waals surface area contributed by atoms with Gasteiger partial charge in [-0.15, -0.1) is 0 Å². The molecule has 0 saturated heterocycles. The maximum atomic E-state index is 10.1. The van der Waals surface area contributed by atoms with Crippen molar-refractivity contribution < 1.29 is 14.6 Å². The lowest BCUT2D eigenvalue weighted by Gasteiger charge is -2.07. The van der Waals surface area contributed by atoms with Crippen molar-refractivity contribution >= 4 is 17.8 Å². The zero-order valence-corrected chi connectivity index (χ0v) is 6.86. The number of rotatable bonds is 2. The van der Waals surface area contributed by atoms with Crippen LogP contribution in [0, 0.1) is 0 Å². The van der Waals surface area contributed by atoms with Crippen LogP contribution in [0.4, 0.5) is 4.79 Å². The second-order valence-electron chi connectivity index (χ2n) is 2.11. The van der Waals surface area contributed by atoms with E-state index in [1.165, 1.54) is 0 Å². The minimum Gasteiger partial charge on any atom is -0.450 e. The number of alkyl halides is 1. The average Bonchev–Trinajstić information content (AvgIpc) is 2.05. The molecule has 0 radical (unpaired) electrons. The Morgan fingerprint density at radius 1 is 1.42 bits per heavy atom. The number of carbonyl (C=O) groups is 1. The highest BCUT2D eigenvalue weighted by atomic mass is 35.5. The quantitative estimate of drug-likeness (QED) is 0.571. The van der Waals surface area contributed by atoms with Crippen LogP contribution in [0.2, 0.25) is 0 Å². The van der Waals surface area contributed by atoms with Crippen molar-refractivity contribution in [3.8, 4) is 0 Å². The Morgan fingerprint density at radius 3 is 2.50 bits per heavy atom. The number of carboxylic acid groups (broad SMARTS) is 1. The summed E-state index contributed by atoms with van der Waals surface area (Å²) in [7, 11) is 0. The molecule has 1 rings (SSSR count). The molecule has 0 fully saturated rings. The van der Waals surface area contributed by atoms with Gasteiger partial charge in [-0.1, -0.05) is 41.9 Å². The number of hydrogen-bond acceptors (Lipinski definition) is 2. The number of benzene rings is 1. The highest BCUT2D eigenvalue weighted by molar-refractivity contribution is 6.20. The predicted molar refractivity (Wildman–Crippen MR) is 44.1 cm³/mol. The van der Waals surface area contributed by atoms with Crippen LogP contribution in [0.15, 0.2) is 30.3 Å². The van der Waals surface area contributed by atoms with Crippen molar-refractivity contribution in [3.05, 3.63) is 35.9 Å². The lowest BCUT2D eigenvalue weighted by atomic mass is 10.2. The van der Waals surface area contributed by atoms with Crippen LogP contribution in [0.25, 0.3) is 0 Å². The van der Waals surface area contributed by atoms with Gasteiger partial charge in [0.1, 0.15) is 0 Å². The molecule has 1 N–H and O–H groups in total. The van der Waals surface area contributed by atoms with Crippen molar-refractivity contribution in [1.82, 2.24) is 0 Å². The fourth-order valence-corrected chi connectivity index (χ4v) is 0.983. The first-order valence-electron chi connectivity index (χ1n) is 3.29. The largest absolute Gasteiger partial charge is 0.507 e. The van der Waals surface area contributed by atoms with Crippen LogP contribution in [0.3, 0.4) is 0 Å². The van der Waals surface area contributed by atoms with Crippen molar-refractivity contribution in [3.63, 3.8) is 0 Å². The van der Waals surface area contributed by atoms with E-state index in [0.717, 1.165) is 0 Å². The highest BCUT2D eigenvalue weighted by Crippen LogP contribution is 2.20. The van der Waals surface area contributed by atoms with Gasteiger partial charge in [0.25, 0.3) is 0 Å². The van der Waals surface area contributed by atoms with E-state index in [1.807, 2.05) is 6.07 Å². The first-order valence-corrected chi connectivity index (χ1v) is 3.72. The molecule has 12 heavy (non-hydrogen) atoms. The van der Waals surface area contributed by atoms with Crippen LogP contribution in [0.1, 0.15) is 11.1 Å². The van der Waals surface area contributed by atoms with Crippen LogP contribution in [0.5, 0.6) is 0 Å². The summed E-state index contributed by atoms with van der Waals surface area (Å²) in [6.45, 7) is 0. The van der Waals surface area contributed by atoms with E-state index in [4.69, 9.17) is 16.7 Å². The molecule has 0 heterocycles. The molecule has 4 heteroatoms. The molecule has 0 aromatic heterocycles. The van der Waals surface area contributed by atoms with E-state index in [2.05, 4.69) is 4.74 Å². The lowest BCUT2D eigenvalue weighted by Crippen LogP contribution is -2.03. The van der Waals surface area contributed by atoms with Gasteiger partial charge in [0.05, 0.1) is 0 Å². The molecule has 0 aliphatic rings. The van der Waals surface area contributed by atoms with E-state index >= 15 is 0 Å². The summed E-state index contributed by atoms with van der Waals surface area (Å²) in [4.78, 5) is 10.1. The summed E-state index contributed by atoms with van der Waals surface area (Å²) < 4.78 is 4.32. The number of hydrogen-bond donors (Lipinski definition) is 1. The summed E-state index contributed by atoms with van der Waals surface area (Å²) in [6.07, 6.45) is -1.38. The lowest BCUT2D eigenvalue weighted by molar-refractivity contribution is 0.0798. The normalized spacial score (nSPS) is 12.1. The Kier molecular flexibility index (Phi) is 2.94. The third-order valence-electron chi connectivity index (χ3n) is 1.27. The molecule has 1 unspecified atom stereocenters. The number of ether oxygens (including phenoxy) is 1. The van der Waals surface area contributed by atoms with Gasteiger partial charge in [-0.25, -0.2) is 4.79 Å². The molecule has 0 amide bonds. The van der Waals surface area contributed by atoms with Gasteiger partial charge in [-0.05, 0) is 0 Å². The first-order chi connectivity index (χ1) is 5.70. The van der Waals surface area contributed by atoms with Gasteiger partial charge in [0, 0.05) is 5.56 Å². The van der Waals surface area contributed by atoms with Gasteiger partial charge in [0.15, 0.2) is 0 Å². The molecule has 3 nitrogen and oxygen atoms in total. The second-order valence-corrected chi connectivity index (χ2v) is 2.51. The Hall–Kier alpha value is -1.22. The van der Waals surface area contributed by atoms with Crippen molar-refractivity contribution in [2.24, 2.45) is 0 Å². The molecule has 0 aliphatic heterocycles. The monoisotopic (exact) mass is 186 g/mol. The topological polar surface area (TPSA) is 46.5 Å². The van der Waals surface area contributed by atoms with Gasteiger partial charge in [-0.2, -0.15) is 0 Å². The maximum absolute atomic E-state index is 10.1. The molecule has 1 aromatic carbocycles. The third-order valence-corrected chi connectivity index (χ3v) is 1.61. The minimum atomic E-state index is -1.38. The van der Waals surface area contributed by atoms with Crippen LogP contribution < -0.4 is 0 Å². The van der Waals surface area contributed by atoms with Crippen molar-refractivity contribution in [2.45, 2.75) is 5.56 Å². The molecule has 0 saturated carbocycles. The van der Waals surface area contributed by atoms with E-state index in [0.29, 0.717) is 5.56 Å². The van der Waals surface area contributed by atoms with Crippen LogP contribution in [-0.2, 0) is 4.74 Å². The molecular weight excluding hydrogens is 180 g/mol. The Bertz CT molecular complexity index is 260. The SMILES string of the molecule is O=C(O)OC(Cl)c1ccccc1. The van der Waals surface area contributed by atoms with Gasteiger partial charge in [-0.3, -0.25) is 0 Å². The molecule has 1 aromatic rings. The zero-order valence-electron chi connectivity index (χ0n) is 6.11. The zero-order chi connectivity index (χ0) is 8.97. The summed E-state index contributed by atoms with van der Waals surface area (Å²) in [5.41, 5.74) is -0.301. The van der Waals surface area contributed by atoms with E-state index in [-0.39, 0.29) is 0 Å². The molecular formula is C8H7ClO3. The second kappa shape index (κ2) is 3.97. The standard InChI is InChI=1S/C8H7ClO3/c9-7(12-8(10)11)6-4-2-1-3-5-6/h1-5,7H,(H,10,11). The van der Waals surface area contributed by atoms with E-state index in [1.54, 1.807) is 24.3 Å². The highest BCUT2D eigenvalue weighted by Gasteiger charge is 2.10. The Balaban J connectivity index is 2.65. The maximum Gasteiger partial charge on any atom is 0.507 e. The van der Waals surface area contributed by atoms with Crippen LogP contribution >= 0.6 is 11.6 Å². The van der Waals surface area contributed by atoms with E-state index < -0.39 is 11.7 Å². The fraction of sp³-hybridized carbons (Fsp3) is 0.125. The summed E-state index contributed by atoms with van der Waals surface area (Å²) in [6, 6.07) is 8.72. The van der Waals surface area contributed by atoms with Gasteiger partial charge >= 0.3 is 6.16 Å². The van der Waals surface area contributed by atoms with Crippen molar-refractivity contribution in [2.75, 3.05) is 0 Å². The smallest absolute Gasteiger partial charge is 0.450 e. The van der Waals surface area contributed by atoms with Crippen LogP contribution in [-0.4, -0.2) is 11.3 Å².